The minimum Gasteiger partial charge on any atom is -0.421 e. The van der Waals surface area contributed by atoms with E-state index in [1.54, 1.807) is 0 Å². The van der Waals surface area contributed by atoms with E-state index in [9.17, 15) is 14.0 Å². The second kappa shape index (κ2) is 5.90. The molecule has 0 aliphatic rings. The Bertz CT molecular complexity index is 586. The Morgan fingerprint density at radius 3 is 1.95 bits per heavy atom. The Morgan fingerprint density at radius 2 is 1.47 bits per heavy atom. The van der Waals surface area contributed by atoms with Crippen LogP contribution in [0.1, 0.15) is 0 Å². The highest BCUT2D eigenvalue weighted by Crippen LogP contribution is 2.61. The fourth-order valence-corrected chi connectivity index (χ4v) is 3.77. The third-order valence-corrected chi connectivity index (χ3v) is 6.24. The Kier molecular flexibility index (Phi) is 5.35. The van der Waals surface area contributed by atoms with Crippen molar-refractivity contribution in [2.24, 2.45) is 0 Å². The molecule has 0 fully saturated rings. The number of aliphatic hydroxyl groups is 1. The van der Waals surface area contributed by atoms with Crippen molar-refractivity contribution in [3.8, 4) is 5.75 Å². The number of rotatable bonds is 4. The summed E-state index contributed by atoms with van der Waals surface area (Å²) in [5.41, 5.74) is -2.90. The topological polar surface area (TPSA) is 124 Å². The fourth-order valence-electron chi connectivity index (χ4n) is 0.952. The molecule has 0 radical (unpaired) electrons. The van der Waals surface area contributed by atoms with Crippen molar-refractivity contribution in [1.29, 1.82) is 0 Å². The third-order valence-electron chi connectivity index (χ3n) is 1.80. The molecule has 19 heavy (non-hydrogen) atoms. The largest absolute Gasteiger partial charge is 0.421 e. The average molecular weight is 371 g/mol. The van der Waals surface area contributed by atoms with Crippen molar-refractivity contribution in [1.82, 2.24) is 0 Å². The van der Waals surface area contributed by atoms with Crippen molar-refractivity contribution in [2.75, 3.05) is 0 Å². The van der Waals surface area contributed by atoms with Crippen LogP contribution in [-0.4, -0.2) is 25.4 Å². The smallest absolute Gasteiger partial charge is 0.417 e. The van der Waals surface area contributed by atoms with Gasteiger partial charge in [0, 0.05) is 6.07 Å². The van der Waals surface area contributed by atoms with Crippen molar-refractivity contribution >= 4 is 50.0 Å². The van der Waals surface area contributed by atoms with Crippen LogP contribution in [0, 0.1) is 0 Å². The van der Waals surface area contributed by atoms with Crippen LogP contribution >= 0.6 is 50.0 Å². The molecule has 1 rings (SSSR count). The van der Waals surface area contributed by atoms with E-state index in [2.05, 4.69) is 4.52 Å². The lowest BCUT2D eigenvalue weighted by Crippen LogP contribution is -2.12. The molecule has 0 aliphatic heterocycles. The number of hydrogen-bond acceptors (Lipinski definition) is 4. The first-order valence-corrected chi connectivity index (χ1v) is 8.81. The molecular weight excluding hydrogens is 364 g/mol. The van der Waals surface area contributed by atoms with E-state index >= 15 is 0 Å². The molecule has 2 unspecified atom stereocenters. The summed E-state index contributed by atoms with van der Waals surface area (Å²) >= 11 is 16.9. The van der Waals surface area contributed by atoms with Crippen LogP contribution in [0.3, 0.4) is 0 Å². The minimum absolute atomic E-state index is 0.0438. The molecule has 0 spiro atoms. The molecule has 0 saturated carbocycles. The van der Waals surface area contributed by atoms with Gasteiger partial charge < -0.3 is 24.3 Å². The van der Waals surface area contributed by atoms with Gasteiger partial charge in [0.1, 0.15) is 5.75 Å². The summed E-state index contributed by atoms with van der Waals surface area (Å²) in [6, 6.07) is 2.08. The Balaban J connectivity index is 3.12. The molecule has 0 aliphatic carbocycles. The maximum Gasteiger partial charge on any atom is 0.417 e. The molecule has 108 valence electrons. The van der Waals surface area contributed by atoms with Crippen molar-refractivity contribution in [3.05, 3.63) is 27.2 Å². The molecule has 4 N–H and O–H groups in total. The zero-order valence-electron chi connectivity index (χ0n) is 8.77. The van der Waals surface area contributed by atoms with E-state index in [1.165, 1.54) is 0 Å². The molecule has 1 aromatic carbocycles. The first kappa shape index (κ1) is 17.2. The second-order valence-electron chi connectivity index (χ2n) is 3.29. The lowest BCUT2D eigenvalue weighted by atomic mass is 10.3. The average Bonchev–Trinajstić information content (AvgIpc) is 2.23. The van der Waals surface area contributed by atoms with Crippen LogP contribution in [0.5, 0.6) is 5.75 Å². The van der Waals surface area contributed by atoms with Gasteiger partial charge in [0.05, 0.1) is 15.1 Å². The van der Waals surface area contributed by atoms with Gasteiger partial charge in [-0.15, -0.1) is 0 Å². The molecule has 0 amide bonds. The summed E-state index contributed by atoms with van der Waals surface area (Å²) in [4.78, 5) is 26.6. The van der Waals surface area contributed by atoms with Gasteiger partial charge in [-0.2, -0.15) is 0 Å². The fraction of sp³-hybridized carbons (Fsp3) is 0.143. The van der Waals surface area contributed by atoms with E-state index < -0.39 is 26.5 Å². The quantitative estimate of drug-likeness (QED) is 0.474. The maximum atomic E-state index is 11.5. The standard InChI is InChI=1S/C7H7Cl3O7P2/c8-3-1-5(10)6(2-4(3)9)17-19(15,16)7(11)18(12,13)14/h1-2,7,11H,(H,15,16)(H2,12,13,14). The van der Waals surface area contributed by atoms with Crippen LogP contribution in [0.25, 0.3) is 0 Å². The predicted molar refractivity (Wildman–Crippen MR) is 70.0 cm³/mol. The number of aliphatic hydroxyl groups excluding tert-OH is 1. The Labute approximate surface area is 122 Å². The predicted octanol–water partition coefficient (Wildman–Crippen LogP) is 2.66. The monoisotopic (exact) mass is 370 g/mol. The zero-order chi connectivity index (χ0) is 15.0. The lowest BCUT2D eigenvalue weighted by molar-refractivity contribution is 0.223. The van der Waals surface area contributed by atoms with Gasteiger partial charge in [-0.1, -0.05) is 34.8 Å². The third kappa shape index (κ3) is 4.33. The van der Waals surface area contributed by atoms with Gasteiger partial charge in [0.2, 0.25) is 0 Å². The van der Waals surface area contributed by atoms with E-state index in [0.29, 0.717) is 0 Å². The summed E-state index contributed by atoms with van der Waals surface area (Å²) in [5, 5.41) is 8.85. The van der Waals surface area contributed by atoms with Crippen LogP contribution < -0.4 is 4.52 Å². The minimum atomic E-state index is -5.24. The molecular formula is C7H7Cl3O7P2. The summed E-state index contributed by atoms with van der Waals surface area (Å²) in [6.07, 6.45) is 0. The SMILES string of the molecule is O=P(O)(O)C(O)P(=O)(O)Oc1cc(Cl)c(Cl)cc1Cl. The number of benzene rings is 1. The molecule has 0 bridgehead atoms. The summed E-state index contributed by atoms with van der Waals surface area (Å²) < 4.78 is 26.7. The number of halogens is 3. The van der Waals surface area contributed by atoms with Gasteiger partial charge in [-0.3, -0.25) is 4.57 Å². The summed E-state index contributed by atoms with van der Waals surface area (Å²) in [6.45, 7) is 0. The highest BCUT2D eigenvalue weighted by Gasteiger charge is 2.45. The van der Waals surface area contributed by atoms with E-state index in [4.69, 9.17) is 49.7 Å². The molecule has 0 aromatic heterocycles. The Hall–Kier alpha value is 0.190. The first-order chi connectivity index (χ1) is 8.45. The maximum absolute atomic E-state index is 11.5. The molecule has 0 saturated heterocycles. The summed E-state index contributed by atoms with van der Waals surface area (Å²) in [5.74, 6) is -0.450. The van der Waals surface area contributed by atoms with E-state index in [-0.39, 0.29) is 15.1 Å². The van der Waals surface area contributed by atoms with Crippen molar-refractivity contribution in [3.63, 3.8) is 0 Å². The van der Waals surface area contributed by atoms with Gasteiger partial charge in [0.15, 0.2) is 0 Å². The second-order valence-corrected chi connectivity index (χ2v) is 8.38. The van der Waals surface area contributed by atoms with Gasteiger partial charge in [-0.05, 0) is 6.07 Å². The molecule has 7 nitrogen and oxygen atoms in total. The molecule has 2 atom stereocenters. The van der Waals surface area contributed by atoms with Gasteiger partial charge in [-0.25, -0.2) is 4.57 Å². The zero-order valence-corrected chi connectivity index (χ0v) is 12.8. The normalized spacial score (nSPS) is 16.8. The van der Waals surface area contributed by atoms with E-state index in [0.717, 1.165) is 12.1 Å². The molecule has 12 heteroatoms. The van der Waals surface area contributed by atoms with Crippen LogP contribution in [0.15, 0.2) is 12.1 Å². The van der Waals surface area contributed by atoms with Crippen LogP contribution in [0.4, 0.5) is 0 Å². The van der Waals surface area contributed by atoms with Crippen molar-refractivity contribution < 1.29 is 33.4 Å². The van der Waals surface area contributed by atoms with Gasteiger partial charge >= 0.3 is 15.2 Å². The summed E-state index contributed by atoms with van der Waals surface area (Å²) in [7, 11) is -10.3. The molecule has 0 heterocycles. The van der Waals surface area contributed by atoms with Crippen LogP contribution in [0.2, 0.25) is 15.1 Å². The Morgan fingerprint density at radius 1 is 1.00 bits per heavy atom. The van der Waals surface area contributed by atoms with Gasteiger partial charge in [0.25, 0.3) is 5.59 Å². The highest BCUT2D eigenvalue weighted by atomic mass is 35.5. The van der Waals surface area contributed by atoms with Crippen molar-refractivity contribution in [2.45, 2.75) is 5.59 Å². The first-order valence-electron chi connectivity index (χ1n) is 4.35. The molecule has 1 aromatic rings. The van der Waals surface area contributed by atoms with Crippen LogP contribution in [-0.2, 0) is 9.13 Å². The number of hydrogen-bond donors (Lipinski definition) is 4. The van der Waals surface area contributed by atoms with E-state index in [1.807, 2.05) is 0 Å². The highest BCUT2D eigenvalue weighted by molar-refractivity contribution is 7.71. The lowest BCUT2D eigenvalue weighted by Gasteiger charge is -2.20.